The van der Waals surface area contributed by atoms with E-state index in [9.17, 15) is 9.59 Å². The third-order valence-electron chi connectivity index (χ3n) is 4.10. The Kier molecular flexibility index (Phi) is 6.65. The zero-order valence-electron chi connectivity index (χ0n) is 16.6. The van der Waals surface area contributed by atoms with Crippen LogP contribution in [0.25, 0.3) is 0 Å². The summed E-state index contributed by atoms with van der Waals surface area (Å²) < 4.78 is 1.73. The topological polar surface area (TPSA) is 102 Å². The maximum absolute atomic E-state index is 12.4. The van der Waals surface area contributed by atoms with Crippen LogP contribution in [-0.4, -0.2) is 37.3 Å². The third kappa shape index (κ3) is 5.64. The summed E-state index contributed by atoms with van der Waals surface area (Å²) in [4.78, 5) is 28.7. The van der Waals surface area contributed by atoms with Gasteiger partial charge in [0.05, 0.1) is 17.9 Å². The van der Waals surface area contributed by atoms with Crippen molar-refractivity contribution in [3.63, 3.8) is 0 Å². The molecule has 29 heavy (non-hydrogen) atoms. The number of rotatable bonds is 7. The lowest BCUT2D eigenvalue weighted by atomic mass is 10.1. The molecule has 0 aliphatic heterocycles. The van der Waals surface area contributed by atoms with Crippen molar-refractivity contribution in [2.24, 2.45) is 7.05 Å². The molecule has 2 aromatic heterocycles. The molecule has 8 nitrogen and oxygen atoms in total. The van der Waals surface area contributed by atoms with Crippen LogP contribution in [0.3, 0.4) is 0 Å². The van der Waals surface area contributed by atoms with Crippen LogP contribution in [0, 0.1) is 20.8 Å². The van der Waals surface area contributed by atoms with Crippen LogP contribution in [0.5, 0.6) is 0 Å². The van der Waals surface area contributed by atoms with E-state index >= 15 is 0 Å². The van der Waals surface area contributed by atoms with Crippen molar-refractivity contribution in [2.75, 3.05) is 16.4 Å². The molecule has 0 saturated carbocycles. The van der Waals surface area contributed by atoms with E-state index in [1.54, 1.807) is 11.6 Å². The van der Waals surface area contributed by atoms with Crippen LogP contribution in [0.2, 0.25) is 0 Å². The summed E-state index contributed by atoms with van der Waals surface area (Å²) in [6.45, 7) is 5.84. The number of thioether (sulfide) groups is 1. The second-order valence-electron chi connectivity index (χ2n) is 6.63. The minimum Gasteiger partial charge on any atom is -0.325 e. The number of carbonyl (C=O) groups is 2. The summed E-state index contributed by atoms with van der Waals surface area (Å²) in [5.41, 5.74) is 3.81. The van der Waals surface area contributed by atoms with Gasteiger partial charge in [-0.25, -0.2) is 4.98 Å². The molecule has 2 N–H and O–H groups in total. The molecule has 0 aliphatic carbocycles. The Morgan fingerprint density at radius 3 is 2.62 bits per heavy atom. The molecule has 0 atom stereocenters. The van der Waals surface area contributed by atoms with Gasteiger partial charge in [0, 0.05) is 18.1 Å². The quantitative estimate of drug-likeness (QED) is 0.559. The highest BCUT2D eigenvalue weighted by Gasteiger charge is 2.15. The fraction of sp³-hybridized carbons (Fsp3) is 0.316. The van der Waals surface area contributed by atoms with Gasteiger partial charge in [-0.2, -0.15) is 0 Å². The zero-order valence-corrected chi connectivity index (χ0v) is 18.3. The minimum absolute atomic E-state index is 0.0992. The molecule has 10 heteroatoms. The average molecular weight is 431 g/mol. The molecule has 0 unspecified atom stereocenters. The van der Waals surface area contributed by atoms with E-state index in [0.717, 1.165) is 22.5 Å². The Morgan fingerprint density at radius 1 is 1.14 bits per heavy atom. The summed E-state index contributed by atoms with van der Waals surface area (Å²) in [5.74, 6) is 0.382. The van der Waals surface area contributed by atoms with Crippen LogP contribution >= 0.6 is 23.1 Å². The fourth-order valence-corrected chi connectivity index (χ4v) is 4.05. The van der Waals surface area contributed by atoms with Gasteiger partial charge >= 0.3 is 0 Å². The highest BCUT2D eigenvalue weighted by Crippen LogP contribution is 2.19. The lowest BCUT2D eigenvalue weighted by Gasteiger charge is -2.09. The maximum atomic E-state index is 12.4. The van der Waals surface area contributed by atoms with Crippen molar-refractivity contribution in [3.8, 4) is 0 Å². The normalized spacial score (nSPS) is 10.8. The number of benzene rings is 1. The molecule has 0 saturated heterocycles. The molecule has 0 bridgehead atoms. The Balaban J connectivity index is 1.54. The number of anilines is 2. The van der Waals surface area contributed by atoms with Gasteiger partial charge in [0.2, 0.25) is 11.8 Å². The van der Waals surface area contributed by atoms with E-state index in [4.69, 9.17) is 0 Å². The summed E-state index contributed by atoms with van der Waals surface area (Å²) in [7, 11) is 1.78. The molecule has 2 heterocycles. The van der Waals surface area contributed by atoms with Gasteiger partial charge in [-0.3, -0.25) is 9.59 Å². The molecule has 0 radical (unpaired) electrons. The zero-order chi connectivity index (χ0) is 21.0. The highest BCUT2D eigenvalue weighted by atomic mass is 32.2. The van der Waals surface area contributed by atoms with Gasteiger partial charge in [0.25, 0.3) is 0 Å². The Bertz CT molecular complexity index is 1040. The van der Waals surface area contributed by atoms with Crippen LogP contribution in [0.15, 0.2) is 28.7 Å². The van der Waals surface area contributed by atoms with Crippen LogP contribution in [0.1, 0.15) is 22.6 Å². The number of nitrogens with zero attached hydrogens (tertiary/aromatic N) is 4. The molecule has 0 spiro atoms. The van der Waals surface area contributed by atoms with Crippen molar-refractivity contribution in [2.45, 2.75) is 32.3 Å². The Labute approximate surface area is 177 Å². The molecule has 3 rings (SSSR count). The van der Waals surface area contributed by atoms with E-state index in [1.165, 1.54) is 23.1 Å². The lowest BCUT2D eigenvalue weighted by molar-refractivity contribution is -0.116. The first-order valence-corrected chi connectivity index (χ1v) is 10.8. The van der Waals surface area contributed by atoms with Crippen molar-refractivity contribution in [1.29, 1.82) is 0 Å². The lowest BCUT2D eigenvalue weighted by Crippen LogP contribution is -2.18. The van der Waals surface area contributed by atoms with Crippen molar-refractivity contribution >= 4 is 45.7 Å². The SMILES string of the molecule is Cc1ccc(NC(=O)Cc2nnc(SCC(=O)Nc3nc(C)cs3)n2C)c(C)c1. The molecule has 1 aromatic carbocycles. The second-order valence-corrected chi connectivity index (χ2v) is 8.43. The monoisotopic (exact) mass is 430 g/mol. The van der Waals surface area contributed by atoms with E-state index in [0.29, 0.717) is 16.1 Å². The number of amides is 2. The fourth-order valence-electron chi connectivity index (χ4n) is 2.61. The van der Waals surface area contributed by atoms with Gasteiger partial charge in [0.15, 0.2) is 10.3 Å². The van der Waals surface area contributed by atoms with E-state index < -0.39 is 0 Å². The summed E-state index contributed by atoms with van der Waals surface area (Å²) >= 11 is 2.65. The number of carbonyl (C=O) groups excluding carboxylic acids is 2. The summed E-state index contributed by atoms with van der Waals surface area (Å²) in [6.07, 6.45) is 0.0992. The summed E-state index contributed by atoms with van der Waals surface area (Å²) in [5, 5.41) is 16.9. The number of thiazole rings is 1. The Morgan fingerprint density at radius 2 is 1.93 bits per heavy atom. The van der Waals surface area contributed by atoms with Crippen molar-refractivity contribution in [1.82, 2.24) is 19.7 Å². The number of nitrogens with one attached hydrogen (secondary N) is 2. The standard InChI is InChI=1S/C19H22N6O2S2/c1-11-5-6-14(12(2)7-11)21-16(26)8-15-23-24-19(25(15)4)29-10-17(27)22-18-20-13(3)9-28-18/h5-7,9H,8,10H2,1-4H3,(H,21,26)(H,20,22,27). The molecule has 2 amide bonds. The predicted octanol–water partition coefficient (Wildman–Crippen LogP) is 3.11. The predicted molar refractivity (Wildman–Crippen MR) is 115 cm³/mol. The Hall–Kier alpha value is -2.72. The van der Waals surface area contributed by atoms with Crippen LogP contribution in [0.4, 0.5) is 10.8 Å². The van der Waals surface area contributed by atoms with E-state index in [2.05, 4.69) is 25.8 Å². The number of aromatic nitrogens is 4. The molecular weight excluding hydrogens is 408 g/mol. The maximum Gasteiger partial charge on any atom is 0.236 e. The van der Waals surface area contributed by atoms with E-state index in [-0.39, 0.29) is 24.0 Å². The largest absolute Gasteiger partial charge is 0.325 e. The van der Waals surface area contributed by atoms with Crippen molar-refractivity contribution in [3.05, 3.63) is 46.2 Å². The van der Waals surface area contributed by atoms with Gasteiger partial charge in [0.1, 0.15) is 5.82 Å². The van der Waals surface area contributed by atoms with E-state index in [1.807, 2.05) is 44.4 Å². The van der Waals surface area contributed by atoms with Crippen molar-refractivity contribution < 1.29 is 9.59 Å². The van der Waals surface area contributed by atoms with Gasteiger partial charge in [-0.1, -0.05) is 29.5 Å². The molecule has 0 fully saturated rings. The third-order valence-corrected chi connectivity index (χ3v) is 5.99. The molecule has 152 valence electrons. The first-order valence-electron chi connectivity index (χ1n) is 8.92. The van der Waals surface area contributed by atoms with Gasteiger partial charge < -0.3 is 15.2 Å². The first kappa shape index (κ1) is 21.0. The smallest absolute Gasteiger partial charge is 0.236 e. The highest BCUT2D eigenvalue weighted by molar-refractivity contribution is 7.99. The molecular formula is C19H22N6O2S2. The average Bonchev–Trinajstić information content (AvgIpc) is 3.21. The minimum atomic E-state index is -0.166. The number of hydrogen-bond donors (Lipinski definition) is 2. The number of hydrogen-bond acceptors (Lipinski definition) is 7. The van der Waals surface area contributed by atoms with Gasteiger partial charge in [-0.05, 0) is 32.4 Å². The molecule has 3 aromatic rings. The second kappa shape index (κ2) is 9.19. The summed E-state index contributed by atoms with van der Waals surface area (Å²) in [6, 6.07) is 5.87. The van der Waals surface area contributed by atoms with Crippen LogP contribution in [-0.2, 0) is 23.1 Å². The molecule has 0 aliphatic rings. The first-order chi connectivity index (χ1) is 13.8. The van der Waals surface area contributed by atoms with Gasteiger partial charge in [-0.15, -0.1) is 21.5 Å². The number of aryl methyl sites for hydroxylation is 3. The van der Waals surface area contributed by atoms with Crippen LogP contribution < -0.4 is 10.6 Å².